The van der Waals surface area contributed by atoms with E-state index in [1.54, 1.807) is 0 Å². The van der Waals surface area contributed by atoms with E-state index in [1.165, 1.54) is 18.4 Å². The summed E-state index contributed by atoms with van der Waals surface area (Å²) >= 11 is 5.66. The number of pyridine rings is 1. The van der Waals surface area contributed by atoms with Crippen LogP contribution in [0.3, 0.4) is 0 Å². The summed E-state index contributed by atoms with van der Waals surface area (Å²) in [5.41, 5.74) is 1.34. The molecule has 0 aromatic carbocycles. The van der Waals surface area contributed by atoms with Crippen LogP contribution in [0, 0.1) is 0 Å². The van der Waals surface area contributed by atoms with Gasteiger partial charge in [0.05, 0.1) is 0 Å². The van der Waals surface area contributed by atoms with Crippen molar-refractivity contribution in [3.05, 3.63) is 30.1 Å². The minimum atomic E-state index is 0.788. The molecule has 0 atom stereocenters. The number of hydrogen-bond donors (Lipinski definition) is 0. The van der Waals surface area contributed by atoms with Crippen LogP contribution in [0.1, 0.15) is 31.7 Å². The standard InChI is InChI=1S/C13H21ClN2/c1-2-16(11-5-3-4-8-14)12-13-6-9-15-10-7-13/h6-7,9-10H,2-5,8,11-12H2,1H3. The van der Waals surface area contributed by atoms with E-state index in [0.29, 0.717) is 0 Å². The maximum atomic E-state index is 5.66. The summed E-state index contributed by atoms with van der Waals surface area (Å²) in [6.45, 7) is 5.50. The molecule has 2 nitrogen and oxygen atoms in total. The van der Waals surface area contributed by atoms with Crippen LogP contribution in [-0.4, -0.2) is 28.9 Å². The molecule has 0 saturated carbocycles. The van der Waals surface area contributed by atoms with E-state index in [1.807, 2.05) is 12.4 Å². The first kappa shape index (κ1) is 13.5. The predicted octanol–water partition coefficient (Wildman–Crippen LogP) is 3.31. The molecule has 0 fully saturated rings. The zero-order valence-corrected chi connectivity index (χ0v) is 10.8. The van der Waals surface area contributed by atoms with Crippen LogP contribution in [0.2, 0.25) is 0 Å². The molecule has 0 aliphatic heterocycles. The molecular formula is C13H21ClN2. The topological polar surface area (TPSA) is 16.1 Å². The smallest absolute Gasteiger partial charge is 0.0271 e. The number of unbranched alkanes of at least 4 members (excludes halogenated alkanes) is 2. The van der Waals surface area contributed by atoms with Crippen LogP contribution in [0.4, 0.5) is 0 Å². The second-order valence-corrected chi connectivity index (χ2v) is 4.35. The number of rotatable bonds is 8. The van der Waals surface area contributed by atoms with Gasteiger partial charge in [-0.2, -0.15) is 0 Å². The number of alkyl halides is 1. The fourth-order valence-corrected chi connectivity index (χ4v) is 1.89. The van der Waals surface area contributed by atoms with Crippen molar-refractivity contribution < 1.29 is 0 Å². The molecule has 1 aromatic rings. The van der Waals surface area contributed by atoms with Crippen LogP contribution < -0.4 is 0 Å². The molecule has 0 saturated heterocycles. The van der Waals surface area contributed by atoms with Gasteiger partial charge in [-0.05, 0) is 43.6 Å². The highest BCUT2D eigenvalue weighted by molar-refractivity contribution is 6.17. The lowest BCUT2D eigenvalue weighted by Crippen LogP contribution is -2.24. The van der Waals surface area contributed by atoms with E-state index in [9.17, 15) is 0 Å². The van der Waals surface area contributed by atoms with Gasteiger partial charge in [0, 0.05) is 24.8 Å². The summed E-state index contributed by atoms with van der Waals surface area (Å²) in [5, 5.41) is 0. The molecule has 0 unspecified atom stereocenters. The number of nitrogens with zero attached hydrogens (tertiary/aromatic N) is 2. The van der Waals surface area contributed by atoms with Crippen LogP contribution in [0.15, 0.2) is 24.5 Å². The van der Waals surface area contributed by atoms with E-state index in [2.05, 4.69) is 28.9 Å². The van der Waals surface area contributed by atoms with E-state index in [0.717, 1.165) is 31.9 Å². The molecule has 0 aliphatic carbocycles. The van der Waals surface area contributed by atoms with Crippen molar-refractivity contribution in [1.29, 1.82) is 0 Å². The van der Waals surface area contributed by atoms with Crippen LogP contribution in [0.25, 0.3) is 0 Å². The summed E-state index contributed by atoms with van der Waals surface area (Å²) in [7, 11) is 0. The molecule has 0 bridgehead atoms. The highest BCUT2D eigenvalue weighted by atomic mass is 35.5. The zero-order valence-electron chi connectivity index (χ0n) is 10.0. The summed E-state index contributed by atoms with van der Waals surface area (Å²) in [4.78, 5) is 6.49. The third kappa shape index (κ3) is 5.47. The Morgan fingerprint density at radius 1 is 1.19 bits per heavy atom. The van der Waals surface area contributed by atoms with Gasteiger partial charge in [0.15, 0.2) is 0 Å². The Morgan fingerprint density at radius 2 is 1.94 bits per heavy atom. The minimum Gasteiger partial charge on any atom is -0.299 e. The van der Waals surface area contributed by atoms with Gasteiger partial charge in [-0.1, -0.05) is 13.3 Å². The van der Waals surface area contributed by atoms with Crippen molar-refractivity contribution in [2.24, 2.45) is 0 Å². The Kier molecular flexibility index (Phi) is 7.19. The maximum Gasteiger partial charge on any atom is 0.0271 e. The van der Waals surface area contributed by atoms with E-state index in [-0.39, 0.29) is 0 Å². The summed E-state index contributed by atoms with van der Waals surface area (Å²) in [5.74, 6) is 0.788. The van der Waals surface area contributed by atoms with Gasteiger partial charge in [-0.25, -0.2) is 0 Å². The normalized spacial score (nSPS) is 10.9. The van der Waals surface area contributed by atoms with Crippen molar-refractivity contribution in [1.82, 2.24) is 9.88 Å². The molecule has 16 heavy (non-hydrogen) atoms. The molecule has 0 amide bonds. The Balaban J connectivity index is 2.26. The lowest BCUT2D eigenvalue weighted by atomic mass is 10.2. The minimum absolute atomic E-state index is 0.788. The van der Waals surface area contributed by atoms with Crippen LogP contribution in [0.5, 0.6) is 0 Å². The monoisotopic (exact) mass is 240 g/mol. The summed E-state index contributed by atoms with van der Waals surface area (Å²) in [6, 6.07) is 4.17. The van der Waals surface area contributed by atoms with Crippen molar-refractivity contribution >= 4 is 11.6 Å². The van der Waals surface area contributed by atoms with Gasteiger partial charge in [0.1, 0.15) is 0 Å². The van der Waals surface area contributed by atoms with Gasteiger partial charge in [-0.3, -0.25) is 9.88 Å². The van der Waals surface area contributed by atoms with Crippen LogP contribution >= 0.6 is 11.6 Å². The van der Waals surface area contributed by atoms with Gasteiger partial charge in [0.2, 0.25) is 0 Å². The fraction of sp³-hybridized carbons (Fsp3) is 0.615. The van der Waals surface area contributed by atoms with Crippen LogP contribution in [-0.2, 0) is 6.54 Å². The van der Waals surface area contributed by atoms with Crippen molar-refractivity contribution in [2.75, 3.05) is 19.0 Å². The highest BCUT2D eigenvalue weighted by Gasteiger charge is 2.02. The quantitative estimate of drug-likeness (QED) is 0.512. The molecule has 3 heteroatoms. The molecule has 1 aromatic heterocycles. The lowest BCUT2D eigenvalue weighted by molar-refractivity contribution is 0.273. The fourth-order valence-electron chi connectivity index (χ4n) is 1.70. The Morgan fingerprint density at radius 3 is 2.56 bits per heavy atom. The van der Waals surface area contributed by atoms with Crippen molar-refractivity contribution in [3.8, 4) is 0 Å². The second kappa shape index (κ2) is 8.54. The predicted molar refractivity (Wildman–Crippen MR) is 69.8 cm³/mol. The first-order valence-electron chi connectivity index (χ1n) is 6.04. The highest BCUT2D eigenvalue weighted by Crippen LogP contribution is 2.05. The third-order valence-corrected chi connectivity index (χ3v) is 2.98. The summed E-state index contributed by atoms with van der Waals surface area (Å²) < 4.78 is 0. The molecule has 0 aliphatic rings. The largest absolute Gasteiger partial charge is 0.299 e. The van der Waals surface area contributed by atoms with Crippen molar-refractivity contribution in [2.45, 2.75) is 32.7 Å². The first-order valence-corrected chi connectivity index (χ1v) is 6.57. The number of aromatic nitrogens is 1. The van der Waals surface area contributed by atoms with Gasteiger partial charge < -0.3 is 0 Å². The molecule has 0 spiro atoms. The lowest BCUT2D eigenvalue weighted by Gasteiger charge is -2.20. The third-order valence-electron chi connectivity index (χ3n) is 2.71. The van der Waals surface area contributed by atoms with Gasteiger partial charge in [0.25, 0.3) is 0 Å². The zero-order chi connectivity index (χ0) is 11.6. The van der Waals surface area contributed by atoms with Crippen molar-refractivity contribution in [3.63, 3.8) is 0 Å². The average molecular weight is 241 g/mol. The number of halogens is 1. The maximum absolute atomic E-state index is 5.66. The van der Waals surface area contributed by atoms with E-state index in [4.69, 9.17) is 11.6 Å². The SMILES string of the molecule is CCN(CCCCCCl)Cc1ccncc1. The average Bonchev–Trinajstić information content (AvgIpc) is 2.34. The molecule has 1 rings (SSSR count). The molecule has 0 radical (unpaired) electrons. The second-order valence-electron chi connectivity index (χ2n) is 3.97. The Hall–Kier alpha value is -0.600. The Bertz CT molecular complexity index is 264. The molecule has 0 N–H and O–H groups in total. The van der Waals surface area contributed by atoms with E-state index >= 15 is 0 Å². The molecule has 90 valence electrons. The van der Waals surface area contributed by atoms with Gasteiger partial charge >= 0.3 is 0 Å². The molecule has 1 heterocycles. The number of hydrogen-bond acceptors (Lipinski definition) is 2. The Labute approximate surface area is 104 Å². The van der Waals surface area contributed by atoms with E-state index < -0.39 is 0 Å². The first-order chi connectivity index (χ1) is 7.86. The van der Waals surface area contributed by atoms with Gasteiger partial charge in [-0.15, -0.1) is 11.6 Å². The summed E-state index contributed by atoms with van der Waals surface area (Å²) in [6.07, 6.45) is 7.32. The molecular weight excluding hydrogens is 220 g/mol.